The first-order valence-corrected chi connectivity index (χ1v) is 10.0. The van der Waals surface area contributed by atoms with Gasteiger partial charge in [-0.15, -0.1) is 0 Å². The Bertz CT molecular complexity index is 1680. The van der Waals surface area contributed by atoms with Gasteiger partial charge in [-0.25, -0.2) is 0 Å². The molecule has 0 fully saturated rings. The quantitative estimate of drug-likeness (QED) is 0.355. The van der Waals surface area contributed by atoms with Gasteiger partial charge in [0, 0.05) is 5.48 Å². The molecule has 34 heavy (non-hydrogen) atoms. The summed E-state index contributed by atoms with van der Waals surface area (Å²) in [7, 11) is -5.08. The molecule has 4 aromatic carbocycles. The fourth-order valence-corrected chi connectivity index (χ4v) is 3.28. The number of aliphatic carboxylic acids is 2. The Balaban J connectivity index is 0.000000244. The third kappa shape index (κ3) is 5.64. The van der Waals surface area contributed by atoms with Gasteiger partial charge in [0.05, 0.1) is 34.1 Å². The van der Waals surface area contributed by atoms with E-state index < -0.39 is 44.7 Å². The molecule has 0 saturated heterocycles. The second kappa shape index (κ2) is 10.7. The first-order chi connectivity index (χ1) is 20.1. The minimum Gasteiger partial charge on any atom is -0.497 e. The van der Waals surface area contributed by atoms with Crippen molar-refractivity contribution in [3.8, 4) is 11.5 Å². The highest BCUT2D eigenvalue weighted by atomic mass is 16.5. The predicted molar refractivity (Wildman–Crippen MR) is 133 cm³/mol. The summed E-state index contributed by atoms with van der Waals surface area (Å²) in [6.07, 6.45) is 0. The van der Waals surface area contributed by atoms with Crippen LogP contribution in [-0.4, -0.2) is 36.2 Å². The lowest BCUT2D eigenvalue weighted by Gasteiger charge is -2.08. The molecular weight excluding hydrogens is 432 g/mol. The van der Waals surface area contributed by atoms with Gasteiger partial charge in [-0.3, -0.25) is 9.59 Å². The third-order valence-corrected chi connectivity index (χ3v) is 5.26. The molecule has 0 aliphatic heterocycles. The van der Waals surface area contributed by atoms with E-state index in [0.717, 1.165) is 10.8 Å². The molecule has 0 heterocycles. The summed E-state index contributed by atoms with van der Waals surface area (Å²) in [4.78, 5) is 22.3. The number of rotatable bonds is 6. The largest absolute Gasteiger partial charge is 0.497 e. The Morgan fingerprint density at radius 3 is 1.68 bits per heavy atom. The maximum Gasteiger partial charge on any atom is 0.310 e. The summed E-state index contributed by atoms with van der Waals surface area (Å²) in [5.41, 5.74) is 0.515. The van der Waals surface area contributed by atoms with E-state index in [9.17, 15) is 14.7 Å². The lowest BCUT2D eigenvalue weighted by atomic mass is 9.98. The number of ether oxygens (including phenoxy) is 2. The number of hydrogen-bond acceptors (Lipinski definition) is 4. The van der Waals surface area contributed by atoms with E-state index >= 15 is 0 Å². The van der Waals surface area contributed by atoms with Crippen LogP contribution < -0.4 is 9.47 Å². The number of fused-ring (bicyclic) bond motifs is 2. The molecule has 0 bridgehead atoms. The average Bonchev–Trinajstić information content (AvgIpc) is 2.89. The van der Waals surface area contributed by atoms with Gasteiger partial charge in [0.15, 0.2) is 0 Å². The van der Waals surface area contributed by atoms with Crippen LogP contribution in [0.25, 0.3) is 21.5 Å². The predicted octanol–water partition coefficient (Wildman–Crippen LogP) is 6.07. The highest BCUT2D eigenvalue weighted by Crippen LogP contribution is 2.26. The van der Waals surface area contributed by atoms with Crippen molar-refractivity contribution in [3.63, 3.8) is 0 Å². The van der Waals surface area contributed by atoms with E-state index in [2.05, 4.69) is 0 Å². The molecule has 0 aromatic heterocycles. The summed E-state index contributed by atoms with van der Waals surface area (Å²) >= 11 is 0. The highest BCUT2D eigenvalue weighted by molar-refractivity contribution is 5.87. The van der Waals surface area contributed by atoms with Gasteiger partial charge in [0.2, 0.25) is 0 Å². The number of hydrogen-bond donors (Lipinski definition) is 2. The van der Waals surface area contributed by atoms with E-state index in [1.165, 1.54) is 36.4 Å². The summed E-state index contributed by atoms with van der Waals surface area (Å²) in [6.45, 7) is -1.44. The number of methoxy groups -OCH3 is 2. The van der Waals surface area contributed by atoms with Gasteiger partial charge in [-0.05, 0) is 70.7 Å². The van der Waals surface area contributed by atoms with Gasteiger partial charge in [-0.1, -0.05) is 48.5 Å². The molecule has 0 amide bonds. The zero-order valence-electron chi connectivity index (χ0n) is 28.0. The van der Waals surface area contributed by atoms with Crippen LogP contribution in [0.3, 0.4) is 0 Å². The Labute approximate surface area is 212 Å². The number of carbonyl (C=O) groups is 2. The summed E-state index contributed by atoms with van der Waals surface area (Å²) < 4.78 is 82.1. The van der Waals surface area contributed by atoms with Crippen LogP contribution in [-0.2, 0) is 9.59 Å². The van der Waals surface area contributed by atoms with Crippen LogP contribution in [0.4, 0.5) is 0 Å². The molecule has 6 nitrogen and oxygen atoms in total. The molecule has 4 aromatic rings. The normalized spacial score (nSPS) is 18.7. The SMILES string of the molecule is [2H]C([2H])([2H])Oc1ccc2cc(C(C)C(=O)O)ccc2c1.[2H]C([2H])([2H])Oc1ccc2cc(C([2H])(C(=O)O)C([2H])([2H])[2H])ccc2c1. The number of benzene rings is 4. The van der Waals surface area contributed by atoms with Crippen LogP contribution in [0.5, 0.6) is 11.5 Å². The van der Waals surface area contributed by atoms with Crippen LogP contribution >= 0.6 is 0 Å². The Morgan fingerprint density at radius 1 is 0.735 bits per heavy atom. The molecule has 2 N–H and O–H groups in total. The first-order valence-electron chi connectivity index (χ1n) is 15.0. The second-order valence-electron chi connectivity index (χ2n) is 7.44. The lowest BCUT2D eigenvalue weighted by Crippen LogP contribution is -2.06. The maximum absolute atomic E-state index is 11.4. The second-order valence-corrected chi connectivity index (χ2v) is 7.44. The van der Waals surface area contributed by atoms with Crippen molar-refractivity contribution in [3.05, 3.63) is 83.9 Å². The van der Waals surface area contributed by atoms with Gasteiger partial charge in [0.1, 0.15) is 11.5 Å². The van der Waals surface area contributed by atoms with Crippen LogP contribution in [0.1, 0.15) is 50.4 Å². The van der Waals surface area contributed by atoms with Crippen molar-refractivity contribution in [2.45, 2.75) is 25.6 Å². The van der Waals surface area contributed by atoms with Crippen molar-refractivity contribution in [1.29, 1.82) is 0 Å². The van der Waals surface area contributed by atoms with E-state index in [-0.39, 0.29) is 17.1 Å². The van der Waals surface area contributed by atoms with Crippen LogP contribution in [0, 0.1) is 0 Å². The van der Waals surface area contributed by atoms with Crippen LogP contribution in [0.15, 0.2) is 72.8 Å². The lowest BCUT2D eigenvalue weighted by molar-refractivity contribution is -0.139. The smallest absolute Gasteiger partial charge is 0.310 e. The minimum atomic E-state index is -3.06. The van der Waals surface area contributed by atoms with Crippen molar-refractivity contribution in [2.75, 3.05) is 14.1 Å². The third-order valence-electron chi connectivity index (χ3n) is 5.26. The fraction of sp³-hybridized carbons (Fsp3) is 0.214. The van der Waals surface area contributed by atoms with E-state index in [0.29, 0.717) is 16.3 Å². The Hall–Kier alpha value is -4.06. The molecule has 6 heteroatoms. The Kier molecular flexibility index (Phi) is 4.49. The monoisotopic (exact) mass is 470 g/mol. The molecule has 0 spiro atoms. The fourth-order valence-electron chi connectivity index (χ4n) is 3.28. The molecular formula is C28H28O6. The van der Waals surface area contributed by atoms with E-state index in [1.54, 1.807) is 43.3 Å². The van der Waals surface area contributed by atoms with Gasteiger partial charge in [0.25, 0.3) is 0 Å². The summed E-state index contributed by atoms with van der Waals surface area (Å²) in [5.74, 6) is -5.68. The molecule has 2 atom stereocenters. The van der Waals surface area contributed by atoms with Gasteiger partial charge in [-0.2, -0.15) is 0 Å². The van der Waals surface area contributed by atoms with Crippen LogP contribution in [0.2, 0.25) is 0 Å². The van der Waals surface area contributed by atoms with E-state index in [4.69, 9.17) is 28.3 Å². The van der Waals surface area contributed by atoms with Crippen molar-refractivity contribution < 1.29 is 43.0 Å². The number of carboxylic acids is 2. The van der Waals surface area contributed by atoms with E-state index in [1.807, 2.05) is 0 Å². The average molecular weight is 471 g/mol. The molecule has 176 valence electrons. The summed E-state index contributed by atoms with van der Waals surface area (Å²) in [6, 6.07) is 18.4. The van der Waals surface area contributed by atoms with Gasteiger partial charge >= 0.3 is 11.9 Å². The molecule has 2 unspecified atom stereocenters. The first kappa shape index (κ1) is 14.3. The zero-order valence-corrected chi connectivity index (χ0v) is 18.0. The molecule has 0 aliphatic rings. The van der Waals surface area contributed by atoms with Crippen molar-refractivity contribution in [1.82, 2.24) is 0 Å². The molecule has 0 aliphatic carbocycles. The van der Waals surface area contributed by atoms with Crippen molar-refractivity contribution >= 4 is 33.5 Å². The molecule has 0 saturated carbocycles. The molecule has 4 rings (SSSR count). The zero-order chi connectivity index (χ0) is 33.3. The topological polar surface area (TPSA) is 93.1 Å². The highest BCUT2D eigenvalue weighted by Gasteiger charge is 2.14. The van der Waals surface area contributed by atoms with Crippen molar-refractivity contribution in [2.24, 2.45) is 0 Å². The summed E-state index contributed by atoms with van der Waals surface area (Å²) in [5, 5.41) is 20.9. The van der Waals surface area contributed by atoms with Gasteiger partial charge < -0.3 is 19.7 Å². The maximum atomic E-state index is 11.4. The minimum absolute atomic E-state index is 0.0986. The Morgan fingerprint density at radius 2 is 1.21 bits per heavy atom. The standard InChI is InChI=1S/2C14H14O3/c2*1-9(14(15)16)10-3-4-12-8-13(17-2)6-5-11(12)7-10/h2*3-9H,1-2H3,(H,15,16)/i1D3,2D3,9D;2D3. The molecule has 0 radical (unpaired) electrons. The number of carboxylic acid groups (broad SMARTS) is 2.